The van der Waals surface area contributed by atoms with Crippen LogP contribution in [-0.2, 0) is 14.2 Å². The summed E-state index contributed by atoms with van der Waals surface area (Å²) >= 11 is 6.36. The van der Waals surface area contributed by atoms with E-state index in [1.807, 2.05) is 0 Å². The van der Waals surface area contributed by atoms with E-state index in [-0.39, 0.29) is 6.79 Å². The molecule has 3 atom stereocenters. The lowest BCUT2D eigenvalue weighted by atomic mass is 10.0. The first-order valence-electron chi connectivity index (χ1n) is 8.10. The molecular formula is C16H30Br2O5. The van der Waals surface area contributed by atoms with Crippen LogP contribution >= 0.6 is 31.9 Å². The molecule has 23 heavy (non-hydrogen) atoms. The van der Waals surface area contributed by atoms with E-state index in [4.69, 9.17) is 14.2 Å². The van der Waals surface area contributed by atoms with Gasteiger partial charge in [0.25, 0.3) is 0 Å². The van der Waals surface area contributed by atoms with Crippen molar-refractivity contribution >= 4 is 31.9 Å². The molecular weight excluding hydrogens is 432 g/mol. The molecule has 5 nitrogen and oxygen atoms in total. The van der Waals surface area contributed by atoms with E-state index in [0.29, 0.717) is 23.0 Å². The summed E-state index contributed by atoms with van der Waals surface area (Å²) < 4.78 is 16.4. The van der Waals surface area contributed by atoms with Crippen molar-refractivity contribution < 1.29 is 24.4 Å². The molecule has 138 valence electrons. The molecule has 0 saturated heterocycles. The van der Waals surface area contributed by atoms with Gasteiger partial charge in [-0.15, -0.1) is 0 Å². The Kier molecular flexibility index (Phi) is 16.3. The molecule has 0 aromatic heterocycles. The molecule has 0 aliphatic heterocycles. The van der Waals surface area contributed by atoms with Gasteiger partial charge in [0, 0.05) is 7.11 Å². The maximum absolute atomic E-state index is 10.3. The van der Waals surface area contributed by atoms with Crippen LogP contribution < -0.4 is 0 Å². The molecule has 0 saturated carbocycles. The van der Waals surface area contributed by atoms with Gasteiger partial charge in [-0.3, -0.25) is 0 Å². The lowest BCUT2D eigenvalue weighted by molar-refractivity contribution is -0.146. The molecule has 0 radical (unpaired) electrons. The number of aliphatic hydroxyl groups is 2. The molecule has 0 rings (SSSR count). The fourth-order valence-corrected chi connectivity index (χ4v) is 2.63. The van der Waals surface area contributed by atoms with Crippen LogP contribution in [0.3, 0.4) is 0 Å². The third-order valence-electron chi connectivity index (χ3n) is 3.42. The summed E-state index contributed by atoms with van der Waals surface area (Å²) in [5, 5.41) is 20.3. The smallest absolute Gasteiger partial charge is 0.147 e. The van der Waals surface area contributed by atoms with E-state index in [1.54, 1.807) is 7.11 Å². The third-order valence-corrected chi connectivity index (χ3v) is 3.95. The zero-order valence-electron chi connectivity index (χ0n) is 14.0. The molecule has 0 aromatic rings. The number of hydrogen-bond acceptors (Lipinski definition) is 5. The highest BCUT2D eigenvalue weighted by Crippen LogP contribution is 2.19. The van der Waals surface area contributed by atoms with Crippen molar-refractivity contribution in [3.05, 3.63) is 9.47 Å². The van der Waals surface area contributed by atoms with Gasteiger partial charge in [-0.25, -0.2) is 0 Å². The Labute approximate surface area is 156 Å². The Balaban J connectivity index is 4.31. The average Bonchev–Trinajstić information content (AvgIpc) is 2.51. The molecule has 0 aromatic carbocycles. The summed E-state index contributed by atoms with van der Waals surface area (Å²) in [6.45, 7) is 3.18. The van der Waals surface area contributed by atoms with Gasteiger partial charge in [-0.05, 0) is 44.4 Å². The normalized spacial score (nSPS) is 15.2. The molecule has 0 fully saturated rings. The summed E-state index contributed by atoms with van der Waals surface area (Å²) in [7, 11) is 1.61. The highest BCUT2D eigenvalue weighted by atomic mass is 79.9. The lowest BCUT2D eigenvalue weighted by Crippen LogP contribution is -2.38. The van der Waals surface area contributed by atoms with Gasteiger partial charge in [-0.2, -0.15) is 0 Å². The second-order valence-electron chi connectivity index (χ2n) is 5.36. The average molecular weight is 462 g/mol. The van der Waals surface area contributed by atoms with Crippen molar-refractivity contribution in [2.75, 3.05) is 27.1 Å². The third kappa shape index (κ3) is 13.5. The van der Waals surface area contributed by atoms with E-state index >= 15 is 0 Å². The minimum Gasteiger partial charge on any atom is -0.387 e. The van der Waals surface area contributed by atoms with Crippen LogP contribution in [0.2, 0.25) is 0 Å². The number of hydrogen-bond donors (Lipinski definition) is 2. The first-order chi connectivity index (χ1) is 11.0. The van der Waals surface area contributed by atoms with Crippen molar-refractivity contribution in [1.82, 2.24) is 0 Å². The largest absolute Gasteiger partial charge is 0.387 e. The Bertz CT molecular complexity index is 284. The SMILES string of the molecule is CCCCCCC[C@@H](OCOCCOC)[C@@H](O)[C@H](O)C=C(Br)Br. The second-order valence-corrected chi connectivity index (χ2v) is 8.14. The van der Waals surface area contributed by atoms with Crippen LogP contribution in [-0.4, -0.2) is 55.6 Å². The quantitative estimate of drug-likeness (QED) is 0.287. The standard InChI is InChI=1S/C16H30Br2O5/c1-3-4-5-6-7-8-14(23-12-22-10-9-21-2)16(20)13(19)11-15(17)18/h11,13-14,16,19-20H,3-10,12H2,1-2H3/t13-,14-,16+/m1/s1. The molecule has 0 unspecified atom stereocenters. The summed E-state index contributed by atoms with van der Waals surface area (Å²) in [5.41, 5.74) is 0. The number of unbranched alkanes of at least 4 members (excludes halogenated alkanes) is 4. The fourth-order valence-electron chi connectivity index (χ4n) is 2.09. The monoisotopic (exact) mass is 460 g/mol. The first kappa shape index (κ1) is 23.5. The number of aliphatic hydroxyl groups excluding tert-OH is 2. The van der Waals surface area contributed by atoms with Gasteiger partial charge in [-0.1, -0.05) is 39.0 Å². The number of halogens is 2. The summed E-state index contributed by atoms with van der Waals surface area (Å²) in [5.74, 6) is 0. The zero-order valence-corrected chi connectivity index (χ0v) is 17.2. The van der Waals surface area contributed by atoms with Gasteiger partial charge < -0.3 is 24.4 Å². The van der Waals surface area contributed by atoms with Gasteiger partial charge in [0.15, 0.2) is 0 Å². The van der Waals surface area contributed by atoms with Crippen LogP contribution in [0.4, 0.5) is 0 Å². The van der Waals surface area contributed by atoms with Gasteiger partial charge in [0.05, 0.1) is 22.7 Å². The Hall–Kier alpha value is 0.500. The lowest BCUT2D eigenvalue weighted by Gasteiger charge is -2.25. The highest BCUT2D eigenvalue weighted by Gasteiger charge is 2.25. The van der Waals surface area contributed by atoms with Crippen LogP contribution in [0.15, 0.2) is 9.47 Å². The van der Waals surface area contributed by atoms with Crippen LogP contribution in [0.25, 0.3) is 0 Å². The highest BCUT2D eigenvalue weighted by molar-refractivity contribution is 9.28. The van der Waals surface area contributed by atoms with Gasteiger partial charge in [0.1, 0.15) is 19.0 Å². The Morgan fingerprint density at radius 3 is 2.39 bits per heavy atom. The number of rotatable bonds is 15. The second kappa shape index (κ2) is 16.0. The minimum absolute atomic E-state index is 0.0754. The summed E-state index contributed by atoms with van der Waals surface area (Å²) in [4.78, 5) is 0. The van der Waals surface area contributed by atoms with Crippen LogP contribution in [0, 0.1) is 0 Å². The minimum atomic E-state index is -1.01. The maximum Gasteiger partial charge on any atom is 0.147 e. The number of ether oxygens (including phenoxy) is 3. The topological polar surface area (TPSA) is 68.2 Å². The van der Waals surface area contributed by atoms with Crippen molar-refractivity contribution in [3.8, 4) is 0 Å². The van der Waals surface area contributed by atoms with Crippen molar-refractivity contribution in [1.29, 1.82) is 0 Å². The van der Waals surface area contributed by atoms with E-state index in [1.165, 1.54) is 25.3 Å². The predicted molar refractivity (Wildman–Crippen MR) is 98.9 cm³/mol. The maximum atomic E-state index is 10.3. The molecule has 0 aliphatic rings. The van der Waals surface area contributed by atoms with E-state index in [0.717, 1.165) is 12.8 Å². The molecule has 2 N–H and O–H groups in total. The van der Waals surface area contributed by atoms with E-state index in [9.17, 15) is 10.2 Å². The van der Waals surface area contributed by atoms with E-state index in [2.05, 4.69) is 38.8 Å². The zero-order chi connectivity index (χ0) is 17.5. The molecule has 0 heterocycles. The first-order valence-corrected chi connectivity index (χ1v) is 9.68. The Morgan fingerprint density at radius 2 is 1.78 bits per heavy atom. The fraction of sp³-hybridized carbons (Fsp3) is 0.875. The summed E-state index contributed by atoms with van der Waals surface area (Å²) in [6.07, 6.45) is 5.33. The van der Waals surface area contributed by atoms with Crippen LogP contribution in [0.1, 0.15) is 45.4 Å². The van der Waals surface area contributed by atoms with Crippen molar-refractivity contribution in [2.45, 2.75) is 63.8 Å². The molecule has 0 aliphatic carbocycles. The molecule has 0 spiro atoms. The summed E-state index contributed by atoms with van der Waals surface area (Å²) in [6, 6.07) is 0. The van der Waals surface area contributed by atoms with E-state index < -0.39 is 18.3 Å². The van der Waals surface area contributed by atoms with Crippen molar-refractivity contribution in [3.63, 3.8) is 0 Å². The molecule has 7 heteroatoms. The van der Waals surface area contributed by atoms with Crippen LogP contribution in [0.5, 0.6) is 0 Å². The Morgan fingerprint density at radius 1 is 1.09 bits per heavy atom. The van der Waals surface area contributed by atoms with Gasteiger partial charge >= 0.3 is 0 Å². The van der Waals surface area contributed by atoms with Gasteiger partial charge in [0.2, 0.25) is 0 Å². The molecule has 0 amide bonds. The van der Waals surface area contributed by atoms with Crippen molar-refractivity contribution in [2.24, 2.45) is 0 Å². The predicted octanol–water partition coefficient (Wildman–Crippen LogP) is 3.71. The molecule has 0 bridgehead atoms. The number of methoxy groups -OCH3 is 1.